The zero-order valence-corrected chi connectivity index (χ0v) is 17.9. The van der Waals surface area contributed by atoms with Gasteiger partial charge in [-0.2, -0.15) is 18.3 Å². The fourth-order valence-corrected chi connectivity index (χ4v) is 3.95. The molecular weight excluding hydrogens is 433 g/mol. The number of nitrogens with zero attached hydrogens (tertiary/aromatic N) is 3. The molecule has 1 N–H and O–H groups in total. The van der Waals surface area contributed by atoms with Gasteiger partial charge in [-0.05, 0) is 36.3 Å². The number of carbonyl (C=O) groups is 2. The second-order valence-electron chi connectivity index (χ2n) is 7.74. The Kier molecular flexibility index (Phi) is 5.80. The lowest BCUT2D eigenvalue weighted by Gasteiger charge is -2.32. The van der Waals surface area contributed by atoms with Crippen LogP contribution in [0.15, 0.2) is 60.8 Å². The van der Waals surface area contributed by atoms with Crippen LogP contribution in [-0.2, 0) is 15.8 Å². The number of amides is 2. The van der Waals surface area contributed by atoms with Crippen molar-refractivity contribution in [3.63, 3.8) is 0 Å². The second-order valence-corrected chi connectivity index (χ2v) is 7.74. The van der Waals surface area contributed by atoms with E-state index in [0.717, 1.165) is 21.9 Å². The molecule has 4 rings (SSSR count). The van der Waals surface area contributed by atoms with Crippen LogP contribution in [0.3, 0.4) is 0 Å². The average Bonchev–Trinajstić information content (AvgIpc) is 3.12. The number of alkyl halides is 3. The Bertz CT molecular complexity index is 1250. The molecule has 2 heterocycles. The number of carbonyl (C=O) groups excluding carboxylic acids is 2. The summed E-state index contributed by atoms with van der Waals surface area (Å²) in [6.45, 7) is 3.04. The van der Waals surface area contributed by atoms with E-state index < -0.39 is 23.7 Å². The van der Waals surface area contributed by atoms with Crippen LogP contribution in [0, 0.1) is 6.92 Å². The van der Waals surface area contributed by atoms with Crippen molar-refractivity contribution in [1.82, 2.24) is 14.7 Å². The number of fused-ring (bicyclic) bond motifs is 1. The van der Waals surface area contributed by atoms with Crippen molar-refractivity contribution in [2.24, 2.45) is 0 Å². The van der Waals surface area contributed by atoms with Gasteiger partial charge in [0.15, 0.2) is 0 Å². The molecule has 0 radical (unpaired) electrons. The summed E-state index contributed by atoms with van der Waals surface area (Å²) in [5.41, 5.74) is 1.10. The summed E-state index contributed by atoms with van der Waals surface area (Å²) in [6, 6.07) is 13.4. The van der Waals surface area contributed by atoms with E-state index in [2.05, 4.69) is 10.4 Å². The van der Waals surface area contributed by atoms with Crippen LogP contribution in [-0.4, -0.2) is 26.5 Å². The van der Waals surface area contributed by atoms with Gasteiger partial charge >= 0.3 is 6.18 Å². The molecule has 0 fully saturated rings. The minimum Gasteiger partial charge on any atom is -0.311 e. The van der Waals surface area contributed by atoms with Crippen LogP contribution in [0.5, 0.6) is 0 Å². The van der Waals surface area contributed by atoms with Crippen molar-refractivity contribution in [3.8, 4) is 5.69 Å². The summed E-state index contributed by atoms with van der Waals surface area (Å²) in [6.07, 6.45) is -1.22. The smallest absolute Gasteiger partial charge is 0.311 e. The van der Waals surface area contributed by atoms with E-state index in [-0.39, 0.29) is 23.8 Å². The Morgan fingerprint density at radius 1 is 1.09 bits per heavy atom. The topological polar surface area (TPSA) is 67.2 Å². The first-order valence-electron chi connectivity index (χ1n) is 10.2. The van der Waals surface area contributed by atoms with E-state index in [9.17, 15) is 22.8 Å². The van der Waals surface area contributed by atoms with E-state index in [1.807, 2.05) is 24.3 Å². The lowest BCUT2D eigenvalue weighted by Crippen LogP contribution is -2.33. The summed E-state index contributed by atoms with van der Waals surface area (Å²) < 4.78 is 41.7. The standard InChI is InChI=1S/C24H21F3N4O2/c1-15-13-22(31(29-15)20-10-6-5-9-19(20)24(25,26)27)28-23(33)14-21-18-8-4-3-7-17(18)11-12-30(21)16(2)32/h3-13,21H,14H2,1-2H3,(H,28,33). The summed E-state index contributed by atoms with van der Waals surface area (Å²) in [7, 11) is 0. The van der Waals surface area contributed by atoms with Crippen LogP contribution < -0.4 is 5.32 Å². The first-order chi connectivity index (χ1) is 15.6. The number of aromatic nitrogens is 2. The molecule has 1 aromatic heterocycles. The van der Waals surface area contributed by atoms with Crippen molar-refractivity contribution in [1.29, 1.82) is 0 Å². The lowest BCUT2D eigenvalue weighted by atomic mass is 9.93. The molecule has 1 aliphatic rings. The number of rotatable bonds is 4. The fourth-order valence-electron chi connectivity index (χ4n) is 3.95. The normalized spacial score (nSPS) is 15.3. The van der Waals surface area contributed by atoms with Crippen LogP contribution in [0.2, 0.25) is 0 Å². The van der Waals surface area contributed by atoms with Crippen molar-refractivity contribution in [3.05, 3.63) is 83.2 Å². The summed E-state index contributed by atoms with van der Waals surface area (Å²) in [5.74, 6) is -0.566. The van der Waals surface area contributed by atoms with E-state index in [1.54, 1.807) is 19.2 Å². The number of anilines is 1. The molecule has 6 nitrogen and oxygen atoms in total. The van der Waals surface area contributed by atoms with Gasteiger partial charge in [0.25, 0.3) is 0 Å². The molecule has 170 valence electrons. The second kappa shape index (κ2) is 8.57. The average molecular weight is 454 g/mol. The monoisotopic (exact) mass is 454 g/mol. The fraction of sp³-hybridized carbons (Fsp3) is 0.208. The van der Waals surface area contributed by atoms with E-state index in [1.165, 1.54) is 36.1 Å². The molecular formula is C24H21F3N4O2. The quantitative estimate of drug-likeness (QED) is 0.596. The number of benzene rings is 2. The number of halogens is 3. The Hall–Kier alpha value is -3.88. The number of para-hydroxylation sites is 1. The molecule has 0 saturated carbocycles. The van der Waals surface area contributed by atoms with Gasteiger partial charge < -0.3 is 10.2 Å². The molecule has 0 saturated heterocycles. The van der Waals surface area contributed by atoms with E-state index >= 15 is 0 Å². The first kappa shape index (κ1) is 22.3. The van der Waals surface area contributed by atoms with Gasteiger partial charge in [0, 0.05) is 19.2 Å². The zero-order chi connectivity index (χ0) is 23.8. The SMILES string of the molecule is CC(=O)N1C=Cc2ccccc2C1CC(=O)Nc1cc(C)nn1-c1ccccc1C(F)(F)F. The Labute approximate surface area is 188 Å². The molecule has 3 aromatic rings. The van der Waals surface area contributed by atoms with Crippen molar-refractivity contribution in [2.45, 2.75) is 32.5 Å². The maximum absolute atomic E-state index is 13.5. The largest absolute Gasteiger partial charge is 0.418 e. The molecule has 2 amide bonds. The zero-order valence-electron chi connectivity index (χ0n) is 17.9. The molecule has 1 atom stereocenters. The van der Waals surface area contributed by atoms with Gasteiger partial charge in [0.2, 0.25) is 11.8 Å². The Morgan fingerprint density at radius 3 is 2.52 bits per heavy atom. The molecule has 2 aromatic carbocycles. The Morgan fingerprint density at radius 2 is 1.79 bits per heavy atom. The summed E-state index contributed by atoms with van der Waals surface area (Å²) >= 11 is 0. The Balaban J connectivity index is 1.64. The molecule has 1 aliphatic heterocycles. The van der Waals surface area contributed by atoms with Crippen LogP contribution in [0.25, 0.3) is 11.8 Å². The molecule has 0 aliphatic carbocycles. The highest BCUT2D eigenvalue weighted by atomic mass is 19.4. The predicted octanol–water partition coefficient (Wildman–Crippen LogP) is 5.10. The molecule has 0 bridgehead atoms. The molecule has 0 spiro atoms. The third-order valence-electron chi connectivity index (χ3n) is 5.38. The highest BCUT2D eigenvalue weighted by molar-refractivity contribution is 5.91. The number of aryl methyl sites for hydroxylation is 1. The number of hydrogen-bond donors (Lipinski definition) is 1. The lowest BCUT2D eigenvalue weighted by molar-refractivity contribution is -0.137. The molecule has 1 unspecified atom stereocenters. The summed E-state index contributed by atoms with van der Waals surface area (Å²) in [4.78, 5) is 26.6. The van der Waals surface area contributed by atoms with Gasteiger partial charge in [-0.25, -0.2) is 4.68 Å². The first-order valence-corrected chi connectivity index (χ1v) is 10.2. The van der Waals surface area contributed by atoms with Gasteiger partial charge in [-0.1, -0.05) is 36.4 Å². The minimum absolute atomic E-state index is 0.0773. The van der Waals surface area contributed by atoms with Crippen LogP contribution in [0.1, 0.15) is 41.8 Å². The highest BCUT2D eigenvalue weighted by Crippen LogP contribution is 2.36. The van der Waals surface area contributed by atoms with E-state index in [4.69, 9.17) is 0 Å². The number of hydrogen-bond acceptors (Lipinski definition) is 3. The van der Waals surface area contributed by atoms with E-state index in [0.29, 0.717) is 5.69 Å². The molecule has 33 heavy (non-hydrogen) atoms. The third-order valence-corrected chi connectivity index (χ3v) is 5.38. The van der Waals surface area contributed by atoms with Crippen LogP contribution >= 0.6 is 0 Å². The predicted molar refractivity (Wildman–Crippen MR) is 117 cm³/mol. The molecule has 9 heteroatoms. The van der Waals surface area contributed by atoms with Gasteiger partial charge in [0.05, 0.1) is 29.4 Å². The van der Waals surface area contributed by atoms with Gasteiger partial charge in [-0.3, -0.25) is 9.59 Å². The van der Waals surface area contributed by atoms with Gasteiger partial charge in [0.1, 0.15) is 5.82 Å². The minimum atomic E-state index is -4.59. The van der Waals surface area contributed by atoms with Crippen LogP contribution in [0.4, 0.5) is 19.0 Å². The maximum atomic E-state index is 13.5. The van der Waals surface area contributed by atoms with Crippen molar-refractivity contribution >= 4 is 23.7 Å². The van der Waals surface area contributed by atoms with Crippen molar-refractivity contribution < 1.29 is 22.8 Å². The highest BCUT2D eigenvalue weighted by Gasteiger charge is 2.35. The number of nitrogens with one attached hydrogen (secondary N) is 1. The van der Waals surface area contributed by atoms with Gasteiger partial charge in [-0.15, -0.1) is 0 Å². The summed E-state index contributed by atoms with van der Waals surface area (Å²) in [5, 5.41) is 6.84. The maximum Gasteiger partial charge on any atom is 0.418 e. The third kappa shape index (κ3) is 4.52. The van der Waals surface area contributed by atoms with Crippen molar-refractivity contribution in [2.75, 3.05) is 5.32 Å².